The molecule has 1 aromatic rings. The maximum Gasteiger partial charge on any atom is 0.253 e. The van der Waals surface area contributed by atoms with E-state index < -0.39 is 6.10 Å². The predicted octanol–water partition coefficient (Wildman–Crippen LogP) is 0.263. The lowest BCUT2D eigenvalue weighted by atomic mass is 10.2. The average Bonchev–Trinajstić information content (AvgIpc) is 2.62. The number of carbonyl (C=O) groups is 1. The Morgan fingerprint density at radius 3 is 2.91 bits per heavy atom. The van der Waals surface area contributed by atoms with Gasteiger partial charge in [0.15, 0.2) is 11.3 Å². The summed E-state index contributed by atoms with van der Waals surface area (Å²) in [5, 5.41) is 0.736. The molecule has 1 amide bonds. The Morgan fingerprint density at radius 2 is 2.14 bits per heavy atom. The molecular weight excluding hydrogens is 304 g/mol. The average molecular weight is 324 g/mol. The van der Waals surface area contributed by atoms with Crippen molar-refractivity contribution in [3.63, 3.8) is 0 Å². The Labute approximate surface area is 134 Å². The minimum absolute atomic E-state index is 0.0483. The number of ether oxygens (including phenoxy) is 2. The van der Waals surface area contributed by atoms with Crippen LogP contribution in [-0.2, 0) is 14.3 Å². The molecule has 22 heavy (non-hydrogen) atoms. The summed E-state index contributed by atoms with van der Waals surface area (Å²) in [4.78, 5) is 25.1. The van der Waals surface area contributed by atoms with Crippen LogP contribution < -0.4 is 4.90 Å². The van der Waals surface area contributed by atoms with Crippen LogP contribution in [0.2, 0.25) is 0 Å². The number of anilines is 1. The van der Waals surface area contributed by atoms with Crippen molar-refractivity contribution in [2.24, 2.45) is 0 Å². The standard InChI is InChI=1S/C14H20N4O3S/c1-22-14-15-3-2-12(16-14)18-6-9-21-11(10-18)13(19)17-4-7-20-8-5-17/h2-3,11H,4-10H2,1H3. The van der Waals surface area contributed by atoms with Gasteiger partial charge in [0.05, 0.1) is 26.4 Å². The second-order valence-electron chi connectivity index (χ2n) is 5.14. The summed E-state index contributed by atoms with van der Waals surface area (Å²) in [5.74, 6) is 0.898. The van der Waals surface area contributed by atoms with Gasteiger partial charge in [-0.3, -0.25) is 4.79 Å². The van der Waals surface area contributed by atoms with Crippen LogP contribution in [0.4, 0.5) is 5.82 Å². The molecule has 2 aliphatic heterocycles. The first-order valence-electron chi connectivity index (χ1n) is 7.38. The van der Waals surface area contributed by atoms with Gasteiger partial charge in [-0.1, -0.05) is 11.8 Å². The fraction of sp³-hybridized carbons (Fsp3) is 0.643. The number of morpholine rings is 2. The minimum Gasteiger partial charge on any atom is -0.378 e. The molecule has 0 bridgehead atoms. The Hall–Kier alpha value is -1.38. The Bertz CT molecular complexity index is 525. The summed E-state index contributed by atoms with van der Waals surface area (Å²) in [6, 6.07) is 1.88. The fourth-order valence-electron chi connectivity index (χ4n) is 2.60. The minimum atomic E-state index is -0.431. The van der Waals surface area contributed by atoms with E-state index in [-0.39, 0.29) is 5.91 Å². The first kappa shape index (κ1) is 15.5. The first-order chi connectivity index (χ1) is 10.8. The molecule has 7 nitrogen and oxygen atoms in total. The quantitative estimate of drug-likeness (QED) is 0.584. The zero-order chi connectivity index (χ0) is 15.4. The van der Waals surface area contributed by atoms with E-state index in [1.165, 1.54) is 11.8 Å². The molecule has 1 unspecified atom stereocenters. The third kappa shape index (κ3) is 3.50. The van der Waals surface area contributed by atoms with Gasteiger partial charge in [0, 0.05) is 25.8 Å². The van der Waals surface area contributed by atoms with Gasteiger partial charge in [-0.15, -0.1) is 0 Å². The molecular formula is C14H20N4O3S. The van der Waals surface area contributed by atoms with E-state index in [0.717, 1.165) is 17.5 Å². The highest BCUT2D eigenvalue weighted by Crippen LogP contribution is 2.19. The van der Waals surface area contributed by atoms with Crippen LogP contribution in [0.15, 0.2) is 17.4 Å². The summed E-state index contributed by atoms with van der Waals surface area (Å²) >= 11 is 1.51. The number of hydrogen-bond donors (Lipinski definition) is 0. The van der Waals surface area contributed by atoms with Gasteiger partial charge in [0.2, 0.25) is 0 Å². The van der Waals surface area contributed by atoms with Crippen LogP contribution in [0.25, 0.3) is 0 Å². The van der Waals surface area contributed by atoms with Crippen molar-refractivity contribution in [2.75, 3.05) is 57.2 Å². The molecule has 0 aliphatic carbocycles. The van der Waals surface area contributed by atoms with Gasteiger partial charge in [0.1, 0.15) is 5.82 Å². The van der Waals surface area contributed by atoms with Crippen LogP contribution in [0.3, 0.4) is 0 Å². The van der Waals surface area contributed by atoms with Crippen LogP contribution in [-0.4, -0.2) is 79.1 Å². The normalized spacial score (nSPS) is 22.7. The molecule has 2 aliphatic rings. The second kappa shape index (κ2) is 7.26. The molecule has 1 atom stereocenters. The van der Waals surface area contributed by atoms with Gasteiger partial charge in [0.25, 0.3) is 5.91 Å². The van der Waals surface area contributed by atoms with E-state index in [4.69, 9.17) is 9.47 Å². The lowest BCUT2D eigenvalue weighted by Gasteiger charge is -2.36. The van der Waals surface area contributed by atoms with Gasteiger partial charge in [-0.2, -0.15) is 0 Å². The summed E-state index contributed by atoms with van der Waals surface area (Å²) in [6.07, 6.45) is 3.27. The summed E-state index contributed by atoms with van der Waals surface area (Å²) in [6.45, 7) is 4.28. The SMILES string of the molecule is CSc1nccc(N2CCOC(C(=O)N3CCOCC3)C2)n1. The molecule has 2 saturated heterocycles. The number of nitrogens with zero attached hydrogens (tertiary/aromatic N) is 4. The number of carbonyl (C=O) groups excluding carboxylic acids is 1. The van der Waals surface area contributed by atoms with Crippen molar-refractivity contribution in [1.29, 1.82) is 0 Å². The summed E-state index contributed by atoms with van der Waals surface area (Å²) < 4.78 is 11.0. The van der Waals surface area contributed by atoms with Crippen molar-refractivity contribution in [1.82, 2.24) is 14.9 Å². The molecule has 3 rings (SSSR count). The summed E-state index contributed by atoms with van der Waals surface area (Å²) in [5.41, 5.74) is 0. The predicted molar refractivity (Wildman–Crippen MR) is 83.2 cm³/mol. The van der Waals surface area contributed by atoms with Crippen LogP contribution in [0.1, 0.15) is 0 Å². The number of rotatable bonds is 3. The molecule has 0 radical (unpaired) electrons. The lowest BCUT2D eigenvalue weighted by Crippen LogP contribution is -2.53. The molecule has 2 fully saturated rings. The smallest absolute Gasteiger partial charge is 0.253 e. The van der Waals surface area contributed by atoms with Gasteiger partial charge in [-0.05, 0) is 12.3 Å². The molecule has 0 saturated carbocycles. The number of aromatic nitrogens is 2. The number of amides is 1. The Kier molecular flexibility index (Phi) is 5.12. The molecule has 1 aromatic heterocycles. The number of hydrogen-bond acceptors (Lipinski definition) is 7. The second-order valence-corrected chi connectivity index (χ2v) is 5.92. The van der Waals surface area contributed by atoms with Gasteiger partial charge in [-0.25, -0.2) is 9.97 Å². The van der Waals surface area contributed by atoms with Crippen LogP contribution in [0, 0.1) is 0 Å². The molecule has 120 valence electrons. The van der Waals surface area contributed by atoms with E-state index in [0.29, 0.717) is 39.5 Å². The molecule has 0 N–H and O–H groups in total. The van der Waals surface area contributed by atoms with E-state index in [9.17, 15) is 4.79 Å². The molecule has 0 aromatic carbocycles. The van der Waals surface area contributed by atoms with Crippen molar-refractivity contribution in [3.05, 3.63) is 12.3 Å². The molecule has 8 heteroatoms. The topological polar surface area (TPSA) is 67.8 Å². The van der Waals surface area contributed by atoms with Crippen molar-refractivity contribution < 1.29 is 14.3 Å². The van der Waals surface area contributed by atoms with Crippen LogP contribution >= 0.6 is 11.8 Å². The Morgan fingerprint density at radius 1 is 1.32 bits per heavy atom. The van der Waals surface area contributed by atoms with E-state index >= 15 is 0 Å². The van der Waals surface area contributed by atoms with Gasteiger partial charge < -0.3 is 19.3 Å². The highest BCUT2D eigenvalue weighted by molar-refractivity contribution is 7.98. The highest BCUT2D eigenvalue weighted by atomic mass is 32.2. The maximum absolute atomic E-state index is 12.5. The third-order valence-corrected chi connectivity index (χ3v) is 4.35. The highest BCUT2D eigenvalue weighted by Gasteiger charge is 2.31. The van der Waals surface area contributed by atoms with E-state index in [2.05, 4.69) is 14.9 Å². The first-order valence-corrected chi connectivity index (χ1v) is 8.60. The van der Waals surface area contributed by atoms with Gasteiger partial charge >= 0.3 is 0 Å². The monoisotopic (exact) mass is 324 g/mol. The molecule has 3 heterocycles. The van der Waals surface area contributed by atoms with Crippen molar-refractivity contribution in [2.45, 2.75) is 11.3 Å². The largest absolute Gasteiger partial charge is 0.378 e. The van der Waals surface area contributed by atoms with E-state index in [1.807, 2.05) is 17.2 Å². The Balaban J connectivity index is 1.66. The maximum atomic E-state index is 12.5. The van der Waals surface area contributed by atoms with E-state index in [1.54, 1.807) is 6.20 Å². The van der Waals surface area contributed by atoms with Crippen LogP contribution in [0.5, 0.6) is 0 Å². The zero-order valence-corrected chi connectivity index (χ0v) is 13.4. The lowest BCUT2D eigenvalue weighted by molar-refractivity contribution is -0.148. The zero-order valence-electron chi connectivity index (χ0n) is 12.6. The van der Waals surface area contributed by atoms with Crippen molar-refractivity contribution >= 4 is 23.5 Å². The fourth-order valence-corrected chi connectivity index (χ4v) is 2.95. The van der Waals surface area contributed by atoms with Crippen molar-refractivity contribution in [3.8, 4) is 0 Å². The third-order valence-electron chi connectivity index (χ3n) is 3.79. The summed E-state index contributed by atoms with van der Waals surface area (Å²) in [7, 11) is 0. The number of thioether (sulfide) groups is 1. The molecule has 0 spiro atoms.